The summed E-state index contributed by atoms with van der Waals surface area (Å²) in [4.78, 5) is 0. The minimum Gasteiger partial charge on any atom is -0.168 e. The summed E-state index contributed by atoms with van der Waals surface area (Å²) in [6.45, 7) is 0. The van der Waals surface area contributed by atoms with Gasteiger partial charge in [-0.05, 0) is 6.42 Å². The minimum absolute atomic E-state index is 0. The predicted molar refractivity (Wildman–Crippen MR) is 99.6 cm³/mol. The van der Waals surface area contributed by atoms with Crippen LogP contribution in [0.5, 0.6) is 0 Å². The van der Waals surface area contributed by atoms with Crippen molar-refractivity contribution in [3.05, 3.63) is 77.9 Å². The van der Waals surface area contributed by atoms with Gasteiger partial charge in [0, 0.05) is 25.8 Å². The van der Waals surface area contributed by atoms with Crippen LogP contribution in [0.15, 0.2) is 66.7 Å². The Kier molecular flexibility index (Phi) is 9.53. The Morgan fingerprint density at radius 2 is 1.37 bits per heavy atom. The summed E-state index contributed by atoms with van der Waals surface area (Å²) >= 11 is 0. The smallest absolute Gasteiger partial charge is 0 e. The Morgan fingerprint density at radius 1 is 0.737 bits per heavy atom. The van der Waals surface area contributed by atoms with Gasteiger partial charge in [0.1, 0.15) is 0 Å². The van der Waals surface area contributed by atoms with E-state index in [4.69, 9.17) is 0 Å². The normalized spacial score (nSPS) is 9.05. The molecule has 0 fully saturated rings. The van der Waals surface area contributed by atoms with Gasteiger partial charge < -0.3 is 0 Å². The Labute approximate surface area is 167 Å². The SMILES string of the molecule is I.I.[Hf].c1ccc(C[c-]2ccc3ccccc32)cc1. The van der Waals surface area contributed by atoms with Crippen LogP contribution in [0.4, 0.5) is 0 Å². The van der Waals surface area contributed by atoms with Gasteiger partial charge in [-0.3, -0.25) is 0 Å². The third-order valence-corrected chi connectivity index (χ3v) is 3.01. The van der Waals surface area contributed by atoms with Gasteiger partial charge in [-0.15, -0.1) is 88.6 Å². The summed E-state index contributed by atoms with van der Waals surface area (Å²) in [6.07, 6.45) is 1.02. The first-order chi connectivity index (χ1) is 7.93. The molecule has 0 atom stereocenters. The summed E-state index contributed by atoms with van der Waals surface area (Å²) in [5, 5.41) is 2.72. The second kappa shape index (κ2) is 9.34. The molecule has 0 aliphatic heterocycles. The summed E-state index contributed by atoms with van der Waals surface area (Å²) in [6, 6.07) is 23.6. The number of halogens is 2. The van der Waals surface area contributed by atoms with Crippen LogP contribution in [0.25, 0.3) is 10.8 Å². The van der Waals surface area contributed by atoms with Crippen LogP contribution in [-0.2, 0) is 32.3 Å². The van der Waals surface area contributed by atoms with Crippen molar-refractivity contribution >= 4 is 58.7 Å². The summed E-state index contributed by atoms with van der Waals surface area (Å²) in [7, 11) is 0. The van der Waals surface area contributed by atoms with Crippen molar-refractivity contribution < 1.29 is 25.8 Å². The Balaban J connectivity index is 0.00000108. The third kappa shape index (κ3) is 4.70. The van der Waals surface area contributed by atoms with E-state index < -0.39 is 0 Å². The van der Waals surface area contributed by atoms with E-state index in [1.165, 1.54) is 21.9 Å². The van der Waals surface area contributed by atoms with Crippen LogP contribution >= 0.6 is 48.0 Å². The zero-order chi connectivity index (χ0) is 10.8. The molecule has 3 rings (SSSR count). The first kappa shape index (κ1) is 19.4. The molecule has 0 saturated heterocycles. The number of hydrogen-bond donors (Lipinski definition) is 0. The van der Waals surface area contributed by atoms with Crippen molar-refractivity contribution in [3.63, 3.8) is 0 Å². The van der Waals surface area contributed by atoms with Crippen molar-refractivity contribution in [2.45, 2.75) is 6.42 Å². The zero-order valence-corrected chi connectivity index (χ0v) is 18.6. The van der Waals surface area contributed by atoms with Crippen LogP contribution in [0, 0.1) is 0 Å². The monoisotopic (exact) mass is 641 g/mol. The quantitative estimate of drug-likeness (QED) is 0.201. The second-order valence-electron chi connectivity index (χ2n) is 4.11. The number of benzene rings is 2. The van der Waals surface area contributed by atoms with Gasteiger partial charge >= 0.3 is 0 Å². The first-order valence-corrected chi connectivity index (χ1v) is 5.61. The van der Waals surface area contributed by atoms with E-state index in [-0.39, 0.29) is 73.8 Å². The van der Waals surface area contributed by atoms with Gasteiger partial charge in [0.05, 0.1) is 0 Å². The maximum Gasteiger partial charge on any atom is 0 e. The van der Waals surface area contributed by atoms with E-state index in [0.29, 0.717) is 0 Å². The van der Waals surface area contributed by atoms with E-state index in [2.05, 4.69) is 66.7 Å². The van der Waals surface area contributed by atoms with Gasteiger partial charge in [0.2, 0.25) is 0 Å². The number of hydrogen-bond acceptors (Lipinski definition) is 0. The molecule has 0 radical (unpaired) electrons. The average Bonchev–Trinajstić information content (AvgIpc) is 2.74. The first-order valence-electron chi connectivity index (χ1n) is 5.61. The molecule has 3 aromatic carbocycles. The van der Waals surface area contributed by atoms with E-state index in [1.54, 1.807) is 0 Å². The maximum atomic E-state index is 2.23. The van der Waals surface area contributed by atoms with Crippen LogP contribution in [0.2, 0.25) is 0 Å². The van der Waals surface area contributed by atoms with Crippen LogP contribution in [0.1, 0.15) is 11.1 Å². The molecule has 3 heteroatoms. The molecular weight excluding hydrogens is 624 g/mol. The molecule has 0 aromatic heterocycles. The van der Waals surface area contributed by atoms with Gasteiger partial charge in [-0.1, -0.05) is 42.0 Å². The molecule has 98 valence electrons. The minimum atomic E-state index is 0. The Bertz CT molecular complexity index is 602. The zero-order valence-electron chi connectivity index (χ0n) is 10.4. The fraction of sp³-hybridized carbons (Fsp3) is 0.0625. The summed E-state index contributed by atoms with van der Waals surface area (Å²) in [5.41, 5.74) is 2.79. The molecule has 0 aliphatic rings. The topological polar surface area (TPSA) is 0 Å². The van der Waals surface area contributed by atoms with Gasteiger partial charge in [-0.25, -0.2) is 0 Å². The molecule has 0 heterocycles. The second-order valence-corrected chi connectivity index (χ2v) is 4.11. The van der Waals surface area contributed by atoms with Crippen LogP contribution < -0.4 is 0 Å². The molecule has 19 heavy (non-hydrogen) atoms. The summed E-state index contributed by atoms with van der Waals surface area (Å²) < 4.78 is 0. The molecule has 0 aliphatic carbocycles. The van der Waals surface area contributed by atoms with Crippen molar-refractivity contribution in [2.75, 3.05) is 0 Å². The van der Waals surface area contributed by atoms with E-state index in [1.807, 2.05) is 0 Å². The van der Waals surface area contributed by atoms with Gasteiger partial charge in [0.25, 0.3) is 0 Å². The molecule has 0 N–H and O–H groups in total. The number of fused-ring (bicyclic) bond motifs is 1. The van der Waals surface area contributed by atoms with Crippen molar-refractivity contribution in [1.29, 1.82) is 0 Å². The fourth-order valence-electron chi connectivity index (χ4n) is 2.18. The Hall–Kier alpha value is 0.380. The van der Waals surface area contributed by atoms with Gasteiger partial charge in [0.15, 0.2) is 0 Å². The van der Waals surface area contributed by atoms with E-state index in [0.717, 1.165) is 6.42 Å². The predicted octanol–water partition coefficient (Wildman–Crippen LogP) is 5.38. The maximum absolute atomic E-state index is 2.23. The number of rotatable bonds is 2. The van der Waals surface area contributed by atoms with Crippen molar-refractivity contribution in [2.24, 2.45) is 0 Å². The largest absolute Gasteiger partial charge is 0.168 e. The molecule has 3 aromatic rings. The standard InChI is InChI=1S/C16H13.Hf.2HI/c1-2-6-13(7-3-1)12-15-11-10-14-8-4-5-9-16(14)15;;;/h1-11H,12H2;;2*1H/q-1;;;. The molecule has 0 spiro atoms. The summed E-state index contributed by atoms with van der Waals surface area (Å²) in [5.74, 6) is 0. The molecule has 0 unspecified atom stereocenters. The molecule has 0 saturated carbocycles. The Morgan fingerprint density at radius 3 is 2.11 bits per heavy atom. The van der Waals surface area contributed by atoms with Crippen LogP contribution in [-0.4, -0.2) is 0 Å². The van der Waals surface area contributed by atoms with Gasteiger partial charge in [-0.2, -0.15) is 6.07 Å². The average molecular weight is 640 g/mol. The molecule has 0 amide bonds. The molecular formula is C16H15HfI2-. The molecule has 0 bridgehead atoms. The third-order valence-electron chi connectivity index (χ3n) is 3.01. The fourth-order valence-corrected chi connectivity index (χ4v) is 2.18. The van der Waals surface area contributed by atoms with E-state index >= 15 is 0 Å². The van der Waals surface area contributed by atoms with Crippen molar-refractivity contribution in [3.8, 4) is 0 Å². The van der Waals surface area contributed by atoms with Crippen LogP contribution in [0.3, 0.4) is 0 Å². The van der Waals surface area contributed by atoms with Crippen molar-refractivity contribution in [1.82, 2.24) is 0 Å². The van der Waals surface area contributed by atoms with E-state index in [9.17, 15) is 0 Å². The molecule has 0 nitrogen and oxygen atoms in total.